The van der Waals surface area contributed by atoms with Crippen molar-refractivity contribution in [1.29, 1.82) is 0 Å². The standard InChI is InChI=1S/C10H9ClOS/c1-6-5-13-9-3-2-7(11)4-8(9)10(6)12/h2-4,6H,5H2,1H3/t6-/m1/s1. The van der Waals surface area contributed by atoms with E-state index >= 15 is 0 Å². The Morgan fingerprint density at radius 1 is 1.54 bits per heavy atom. The minimum atomic E-state index is 0.121. The van der Waals surface area contributed by atoms with Gasteiger partial charge in [-0.1, -0.05) is 18.5 Å². The molecule has 1 atom stereocenters. The van der Waals surface area contributed by atoms with Gasteiger partial charge >= 0.3 is 0 Å². The molecule has 0 fully saturated rings. The number of hydrogen-bond donors (Lipinski definition) is 0. The molecule has 2 rings (SSSR count). The summed E-state index contributed by atoms with van der Waals surface area (Å²) in [6.07, 6.45) is 0. The molecule has 0 N–H and O–H groups in total. The minimum Gasteiger partial charge on any atom is -0.294 e. The molecule has 68 valence electrons. The van der Waals surface area contributed by atoms with Crippen molar-refractivity contribution in [2.24, 2.45) is 5.92 Å². The van der Waals surface area contributed by atoms with Crippen LogP contribution in [-0.4, -0.2) is 11.5 Å². The lowest BCUT2D eigenvalue weighted by molar-refractivity contribution is 0.0936. The van der Waals surface area contributed by atoms with Crippen molar-refractivity contribution in [2.75, 3.05) is 5.75 Å². The van der Waals surface area contributed by atoms with Gasteiger partial charge in [0.1, 0.15) is 0 Å². The van der Waals surface area contributed by atoms with Crippen LogP contribution >= 0.6 is 23.4 Å². The number of Topliss-reactive ketones (excluding diaryl/α,β-unsaturated/α-hetero) is 1. The van der Waals surface area contributed by atoms with Crippen LogP contribution in [0, 0.1) is 5.92 Å². The Hall–Kier alpha value is -0.470. The zero-order valence-corrected chi connectivity index (χ0v) is 8.78. The van der Waals surface area contributed by atoms with Crippen LogP contribution in [0.25, 0.3) is 0 Å². The first kappa shape index (κ1) is 9.10. The summed E-state index contributed by atoms with van der Waals surface area (Å²) in [6.45, 7) is 1.96. The smallest absolute Gasteiger partial charge is 0.167 e. The highest BCUT2D eigenvalue weighted by molar-refractivity contribution is 7.99. The molecule has 1 aliphatic rings. The van der Waals surface area contributed by atoms with Crippen LogP contribution in [0.5, 0.6) is 0 Å². The lowest BCUT2D eigenvalue weighted by Gasteiger charge is -2.19. The summed E-state index contributed by atoms with van der Waals surface area (Å²) in [5.74, 6) is 1.22. The van der Waals surface area contributed by atoms with Gasteiger partial charge in [-0.3, -0.25) is 4.79 Å². The summed E-state index contributed by atoms with van der Waals surface area (Å²) in [4.78, 5) is 12.8. The van der Waals surface area contributed by atoms with Gasteiger partial charge in [0.25, 0.3) is 0 Å². The summed E-state index contributed by atoms with van der Waals surface area (Å²) in [5.41, 5.74) is 0.788. The molecule has 3 heteroatoms. The van der Waals surface area contributed by atoms with E-state index in [0.29, 0.717) is 5.02 Å². The van der Waals surface area contributed by atoms with Crippen molar-refractivity contribution in [1.82, 2.24) is 0 Å². The number of rotatable bonds is 0. The molecule has 1 aromatic rings. The fourth-order valence-electron chi connectivity index (χ4n) is 1.38. The Balaban J connectivity index is 2.51. The maximum Gasteiger partial charge on any atom is 0.167 e. The third-order valence-electron chi connectivity index (χ3n) is 2.14. The van der Waals surface area contributed by atoms with Crippen LogP contribution < -0.4 is 0 Å². The fraction of sp³-hybridized carbons (Fsp3) is 0.300. The maximum atomic E-state index is 11.7. The van der Waals surface area contributed by atoms with E-state index in [4.69, 9.17) is 11.6 Å². The third-order valence-corrected chi connectivity index (χ3v) is 3.71. The minimum absolute atomic E-state index is 0.121. The van der Waals surface area contributed by atoms with Gasteiger partial charge in [-0.05, 0) is 18.2 Å². The third kappa shape index (κ3) is 1.61. The van der Waals surface area contributed by atoms with Crippen LogP contribution in [0.2, 0.25) is 5.02 Å². The fourth-order valence-corrected chi connectivity index (χ4v) is 2.61. The molecule has 1 aliphatic heterocycles. The van der Waals surface area contributed by atoms with Crippen molar-refractivity contribution in [2.45, 2.75) is 11.8 Å². The van der Waals surface area contributed by atoms with Gasteiger partial charge in [0, 0.05) is 27.2 Å². The Morgan fingerprint density at radius 3 is 3.08 bits per heavy atom. The zero-order valence-electron chi connectivity index (χ0n) is 7.21. The first-order chi connectivity index (χ1) is 6.18. The SMILES string of the molecule is C[C@@H]1CSc2ccc(Cl)cc2C1=O. The molecule has 0 radical (unpaired) electrons. The molecule has 1 aromatic carbocycles. The number of thioether (sulfide) groups is 1. The normalized spacial score (nSPS) is 21.4. The van der Waals surface area contributed by atoms with Crippen molar-refractivity contribution in [3.63, 3.8) is 0 Å². The van der Waals surface area contributed by atoms with Gasteiger partial charge in [-0.2, -0.15) is 0 Å². The topological polar surface area (TPSA) is 17.1 Å². The van der Waals surface area contributed by atoms with E-state index in [-0.39, 0.29) is 11.7 Å². The first-order valence-corrected chi connectivity index (χ1v) is 5.51. The molecule has 0 unspecified atom stereocenters. The molecule has 1 heterocycles. The van der Waals surface area contributed by atoms with Gasteiger partial charge < -0.3 is 0 Å². The van der Waals surface area contributed by atoms with Crippen molar-refractivity contribution in [3.8, 4) is 0 Å². The maximum absolute atomic E-state index is 11.7. The molecule has 0 aromatic heterocycles. The highest BCUT2D eigenvalue weighted by Crippen LogP contribution is 2.33. The van der Waals surface area contributed by atoms with Crippen LogP contribution in [-0.2, 0) is 0 Å². The van der Waals surface area contributed by atoms with Gasteiger partial charge in [0.15, 0.2) is 5.78 Å². The summed E-state index contributed by atoms with van der Waals surface area (Å²) < 4.78 is 0. The van der Waals surface area contributed by atoms with Crippen LogP contribution in [0.1, 0.15) is 17.3 Å². The summed E-state index contributed by atoms with van der Waals surface area (Å²) in [7, 11) is 0. The Kier molecular flexibility index (Phi) is 2.35. The molecule has 0 saturated carbocycles. The average molecular weight is 213 g/mol. The van der Waals surface area contributed by atoms with E-state index < -0.39 is 0 Å². The van der Waals surface area contributed by atoms with E-state index in [2.05, 4.69) is 0 Å². The van der Waals surface area contributed by atoms with E-state index in [1.54, 1.807) is 17.8 Å². The average Bonchev–Trinajstić information content (AvgIpc) is 2.12. The van der Waals surface area contributed by atoms with E-state index in [1.807, 2.05) is 19.1 Å². The molecular weight excluding hydrogens is 204 g/mol. The van der Waals surface area contributed by atoms with Gasteiger partial charge in [-0.25, -0.2) is 0 Å². The predicted molar refractivity (Wildman–Crippen MR) is 55.7 cm³/mol. The quantitative estimate of drug-likeness (QED) is 0.657. The van der Waals surface area contributed by atoms with Gasteiger partial charge in [0.05, 0.1) is 0 Å². The highest BCUT2D eigenvalue weighted by Gasteiger charge is 2.24. The number of halogens is 1. The lowest BCUT2D eigenvalue weighted by atomic mass is 10.0. The Bertz CT molecular complexity index is 362. The molecular formula is C10H9ClOS. The van der Waals surface area contributed by atoms with E-state index in [1.165, 1.54) is 0 Å². The van der Waals surface area contributed by atoms with Crippen LogP contribution in [0.3, 0.4) is 0 Å². The molecule has 0 saturated heterocycles. The zero-order chi connectivity index (χ0) is 9.42. The number of benzene rings is 1. The van der Waals surface area contributed by atoms with Crippen LogP contribution in [0.4, 0.5) is 0 Å². The predicted octanol–water partition coefficient (Wildman–Crippen LogP) is 3.26. The monoisotopic (exact) mass is 212 g/mol. The van der Waals surface area contributed by atoms with Crippen molar-refractivity contribution < 1.29 is 4.79 Å². The van der Waals surface area contributed by atoms with Crippen molar-refractivity contribution in [3.05, 3.63) is 28.8 Å². The highest BCUT2D eigenvalue weighted by atomic mass is 35.5. The second kappa shape index (κ2) is 3.35. The van der Waals surface area contributed by atoms with E-state index in [9.17, 15) is 4.79 Å². The number of hydrogen-bond acceptors (Lipinski definition) is 2. The number of fused-ring (bicyclic) bond motifs is 1. The van der Waals surface area contributed by atoms with Crippen LogP contribution in [0.15, 0.2) is 23.1 Å². The molecule has 0 amide bonds. The number of ketones is 1. The summed E-state index contributed by atoms with van der Waals surface area (Å²) in [5, 5.41) is 0.641. The molecule has 1 nitrogen and oxygen atoms in total. The Morgan fingerprint density at radius 2 is 2.31 bits per heavy atom. The summed E-state index contributed by atoms with van der Waals surface area (Å²) >= 11 is 7.56. The van der Waals surface area contributed by atoms with Crippen molar-refractivity contribution >= 4 is 29.1 Å². The number of carbonyl (C=O) groups excluding carboxylic acids is 1. The number of carbonyl (C=O) groups is 1. The Labute approximate surface area is 86.5 Å². The largest absolute Gasteiger partial charge is 0.294 e. The second-order valence-corrected chi connectivity index (χ2v) is 4.72. The molecule has 0 spiro atoms. The second-order valence-electron chi connectivity index (χ2n) is 3.22. The first-order valence-electron chi connectivity index (χ1n) is 4.15. The van der Waals surface area contributed by atoms with E-state index in [0.717, 1.165) is 16.2 Å². The van der Waals surface area contributed by atoms with Gasteiger partial charge in [0.2, 0.25) is 0 Å². The molecule has 0 aliphatic carbocycles. The molecule has 13 heavy (non-hydrogen) atoms. The lowest BCUT2D eigenvalue weighted by Crippen LogP contribution is -2.18. The summed E-state index contributed by atoms with van der Waals surface area (Å²) in [6, 6.07) is 5.52. The molecule has 0 bridgehead atoms. The van der Waals surface area contributed by atoms with Gasteiger partial charge in [-0.15, -0.1) is 11.8 Å².